The summed E-state index contributed by atoms with van der Waals surface area (Å²) in [5, 5.41) is 12.5. The Bertz CT molecular complexity index is 999. The lowest BCUT2D eigenvalue weighted by Gasteiger charge is -2.18. The van der Waals surface area contributed by atoms with Crippen molar-refractivity contribution < 1.29 is 4.79 Å². The molecule has 0 aliphatic carbocycles. The second-order valence-corrected chi connectivity index (χ2v) is 8.76. The standard InChI is InChI=1S/C21H22BrN5OS/c1-15-8-10-16(11-9-15)27-20(26-12-4-5-13-26)24-25-21(27)29-14-19(28)23-18-7-3-2-6-17(18)22/h2-3,6-11H,4-5,12-14H2,1H3,(H,23,28). The van der Waals surface area contributed by atoms with Crippen LogP contribution in [0.1, 0.15) is 18.4 Å². The SMILES string of the molecule is Cc1ccc(-n2c(SCC(=O)Nc3ccccc3Br)nnc2N2CCCC2)cc1. The molecule has 1 fully saturated rings. The van der Waals surface area contributed by atoms with Gasteiger partial charge >= 0.3 is 0 Å². The number of hydrogen-bond acceptors (Lipinski definition) is 5. The predicted molar refractivity (Wildman–Crippen MR) is 121 cm³/mol. The van der Waals surface area contributed by atoms with Crippen molar-refractivity contribution >= 4 is 45.2 Å². The molecule has 0 bridgehead atoms. The fourth-order valence-electron chi connectivity index (χ4n) is 3.28. The molecule has 150 valence electrons. The van der Waals surface area contributed by atoms with Crippen molar-refractivity contribution in [1.82, 2.24) is 14.8 Å². The summed E-state index contributed by atoms with van der Waals surface area (Å²) in [6, 6.07) is 15.9. The third-order valence-electron chi connectivity index (χ3n) is 4.78. The zero-order valence-electron chi connectivity index (χ0n) is 16.1. The topological polar surface area (TPSA) is 63.1 Å². The van der Waals surface area contributed by atoms with Crippen LogP contribution >= 0.6 is 27.7 Å². The van der Waals surface area contributed by atoms with E-state index < -0.39 is 0 Å². The van der Waals surface area contributed by atoms with Gasteiger partial charge in [-0.2, -0.15) is 0 Å². The molecular weight excluding hydrogens is 450 g/mol. The summed E-state index contributed by atoms with van der Waals surface area (Å²) < 4.78 is 2.92. The average Bonchev–Trinajstić information content (AvgIpc) is 3.38. The highest BCUT2D eigenvalue weighted by molar-refractivity contribution is 9.10. The van der Waals surface area contributed by atoms with Gasteiger partial charge in [0.15, 0.2) is 5.16 Å². The lowest BCUT2D eigenvalue weighted by molar-refractivity contribution is -0.113. The molecule has 0 radical (unpaired) electrons. The molecule has 3 aromatic rings. The van der Waals surface area contributed by atoms with Gasteiger partial charge in [-0.3, -0.25) is 9.36 Å². The molecule has 0 spiro atoms. The van der Waals surface area contributed by atoms with Crippen LogP contribution in [-0.4, -0.2) is 39.5 Å². The Kier molecular flexibility index (Phi) is 6.20. The van der Waals surface area contributed by atoms with E-state index in [1.165, 1.54) is 17.3 Å². The van der Waals surface area contributed by atoms with Crippen LogP contribution in [0.4, 0.5) is 11.6 Å². The van der Waals surface area contributed by atoms with Gasteiger partial charge in [0.2, 0.25) is 11.9 Å². The van der Waals surface area contributed by atoms with Gasteiger partial charge < -0.3 is 10.2 Å². The summed E-state index contributed by atoms with van der Waals surface area (Å²) in [5.74, 6) is 1.02. The maximum Gasteiger partial charge on any atom is 0.234 e. The van der Waals surface area contributed by atoms with E-state index in [4.69, 9.17) is 0 Å². The number of benzene rings is 2. The molecule has 2 aromatic carbocycles. The molecule has 1 saturated heterocycles. The highest BCUT2D eigenvalue weighted by Crippen LogP contribution is 2.29. The molecule has 1 N–H and O–H groups in total. The van der Waals surface area contributed by atoms with E-state index in [0.29, 0.717) is 0 Å². The first-order valence-corrected chi connectivity index (χ1v) is 11.3. The quantitative estimate of drug-likeness (QED) is 0.529. The Morgan fingerprint density at radius 1 is 1.10 bits per heavy atom. The Hall–Kier alpha value is -2.32. The van der Waals surface area contributed by atoms with E-state index >= 15 is 0 Å². The minimum atomic E-state index is -0.0805. The zero-order chi connectivity index (χ0) is 20.2. The summed E-state index contributed by atoms with van der Waals surface area (Å²) >= 11 is 4.85. The minimum absolute atomic E-state index is 0.0805. The molecule has 0 saturated carbocycles. The molecule has 8 heteroatoms. The third-order valence-corrected chi connectivity index (χ3v) is 6.40. The Morgan fingerprint density at radius 2 is 1.83 bits per heavy atom. The van der Waals surface area contributed by atoms with Gasteiger partial charge in [-0.25, -0.2) is 0 Å². The van der Waals surface area contributed by atoms with Crippen LogP contribution in [0.2, 0.25) is 0 Å². The van der Waals surface area contributed by atoms with E-state index in [9.17, 15) is 4.79 Å². The van der Waals surface area contributed by atoms with Crippen LogP contribution in [0.15, 0.2) is 58.2 Å². The Labute approximate surface area is 182 Å². The summed E-state index contributed by atoms with van der Waals surface area (Å²) in [6.07, 6.45) is 2.33. The van der Waals surface area contributed by atoms with Crippen molar-refractivity contribution in [3.63, 3.8) is 0 Å². The largest absolute Gasteiger partial charge is 0.341 e. The highest BCUT2D eigenvalue weighted by atomic mass is 79.9. The lowest BCUT2D eigenvalue weighted by atomic mass is 10.2. The molecule has 1 aliphatic rings. The molecule has 1 aliphatic heterocycles. The smallest absolute Gasteiger partial charge is 0.234 e. The number of thioether (sulfide) groups is 1. The van der Waals surface area contributed by atoms with E-state index in [-0.39, 0.29) is 11.7 Å². The van der Waals surface area contributed by atoms with Crippen LogP contribution in [0, 0.1) is 6.92 Å². The van der Waals surface area contributed by atoms with Crippen LogP contribution in [0.3, 0.4) is 0 Å². The number of carbonyl (C=O) groups excluding carboxylic acids is 1. The maximum absolute atomic E-state index is 12.5. The summed E-state index contributed by atoms with van der Waals surface area (Å²) in [5.41, 5.74) is 2.97. The summed E-state index contributed by atoms with van der Waals surface area (Å²) in [7, 11) is 0. The number of aromatic nitrogens is 3. The number of hydrogen-bond donors (Lipinski definition) is 1. The van der Waals surface area contributed by atoms with Gasteiger partial charge in [0, 0.05) is 17.6 Å². The van der Waals surface area contributed by atoms with Crippen LogP contribution in [0.5, 0.6) is 0 Å². The number of para-hydroxylation sites is 1. The molecule has 29 heavy (non-hydrogen) atoms. The summed E-state index contributed by atoms with van der Waals surface area (Å²) in [4.78, 5) is 14.7. The highest BCUT2D eigenvalue weighted by Gasteiger charge is 2.23. The van der Waals surface area contributed by atoms with Gasteiger partial charge in [0.1, 0.15) is 0 Å². The fraction of sp³-hybridized carbons (Fsp3) is 0.286. The first-order chi connectivity index (χ1) is 14.1. The van der Waals surface area contributed by atoms with Crippen molar-refractivity contribution in [1.29, 1.82) is 0 Å². The molecular formula is C21H22BrN5OS. The Morgan fingerprint density at radius 3 is 2.55 bits per heavy atom. The fourth-order valence-corrected chi connectivity index (χ4v) is 4.41. The minimum Gasteiger partial charge on any atom is -0.341 e. The van der Waals surface area contributed by atoms with Gasteiger partial charge in [-0.15, -0.1) is 10.2 Å². The molecule has 1 aromatic heterocycles. The number of carbonyl (C=O) groups is 1. The van der Waals surface area contributed by atoms with E-state index in [2.05, 4.69) is 72.1 Å². The zero-order valence-corrected chi connectivity index (χ0v) is 18.5. The maximum atomic E-state index is 12.5. The van der Waals surface area contributed by atoms with Crippen LogP contribution in [-0.2, 0) is 4.79 Å². The van der Waals surface area contributed by atoms with Crippen LogP contribution in [0.25, 0.3) is 5.69 Å². The van der Waals surface area contributed by atoms with Gasteiger partial charge in [-0.05, 0) is 60.0 Å². The first-order valence-electron chi connectivity index (χ1n) is 9.56. The van der Waals surface area contributed by atoms with Crippen molar-refractivity contribution in [3.05, 3.63) is 58.6 Å². The van der Waals surface area contributed by atoms with E-state index in [1.807, 2.05) is 24.3 Å². The van der Waals surface area contributed by atoms with Crippen molar-refractivity contribution in [2.45, 2.75) is 24.9 Å². The Balaban J connectivity index is 1.54. The number of nitrogens with zero attached hydrogens (tertiary/aromatic N) is 4. The molecule has 0 atom stereocenters. The lowest BCUT2D eigenvalue weighted by Crippen LogP contribution is -2.22. The molecule has 0 unspecified atom stereocenters. The molecule has 6 nitrogen and oxygen atoms in total. The van der Waals surface area contributed by atoms with Crippen molar-refractivity contribution in [3.8, 4) is 5.69 Å². The number of aryl methyl sites for hydroxylation is 1. The number of halogens is 1. The van der Waals surface area contributed by atoms with Crippen molar-refractivity contribution in [2.75, 3.05) is 29.1 Å². The monoisotopic (exact) mass is 471 g/mol. The number of amides is 1. The molecule has 1 amide bonds. The third kappa shape index (κ3) is 4.64. The first kappa shape index (κ1) is 20.0. The molecule has 4 rings (SSSR count). The van der Waals surface area contributed by atoms with Crippen LogP contribution < -0.4 is 10.2 Å². The van der Waals surface area contributed by atoms with Crippen molar-refractivity contribution in [2.24, 2.45) is 0 Å². The average molecular weight is 472 g/mol. The van der Waals surface area contributed by atoms with Gasteiger partial charge in [-0.1, -0.05) is 41.6 Å². The normalized spacial score (nSPS) is 13.7. The van der Waals surface area contributed by atoms with Gasteiger partial charge in [0.05, 0.1) is 17.1 Å². The second-order valence-electron chi connectivity index (χ2n) is 6.96. The molecule has 2 heterocycles. The number of anilines is 2. The van der Waals surface area contributed by atoms with E-state index in [0.717, 1.165) is 52.9 Å². The van der Waals surface area contributed by atoms with Gasteiger partial charge in [0.25, 0.3) is 0 Å². The second kappa shape index (κ2) is 9.00. The predicted octanol–water partition coefficient (Wildman–Crippen LogP) is 4.67. The number of rotatable bonds is 6. The number of nitrogens with one attached hydrogen (secondary N) is 1. The van der Waals surface area contributed by atoms with E-state index in [1.54, 1.807) is 0 Å². The summed E-state index contributed by atoms with van der Waals surface area (Å²) in [6.45, 7) is 4.04.